The third-order valence-electron chi connectivity index (χ3n) is 2.38. The molecule has 1 amide bonds. The summed E-state index contributed by atoms with van der Waals surface area (Å²) in [5, 5.41) is 30.0. The summed E-state index contributed by atoms with van der Waals surface area (Å²) in [7, 11) is 0. The molecule has 0 aromatic heterocycles. The van der Waals surface area contributed by atoms with Crippen LogP contribution in [0.25, 0.3) is 0 Å². The highest BCUT2D eigenvalue weighted by atomic mass is 16.7. The van der Waals surface area contributed by atoms with Crippen LogP contribution in [0.5, 0.6) is 0 Å². The molecule has 6 N–H and O–H groups in total. The lowest BCUT2D eigenvalue weighted by atomic mass is 10.2. The molecule has 3 atom stereocenters. The van der Waals surface area contributed by atoms with Gasteiger partial charge in [0.2, 0.25) is 5.91 Å². The number of carbonyl (C=O) groups is 1. The number of aliphatic hydroxyl groups excluding tert-OH is 2. The molecule has 0 aliphatic heterocycles. The molecule has 0 fully saturated rings. The van der Waals surface area contributed by atoms with E-state index in [2.05, 4.69) is 5.32 Å². The van der Waals surface area contributed by atoms with Crippen molar-refractivity contribution in [2.45, 2.75) is 38.6 Å². The Kier molecular flexibility index (Phi) is 11.4. The lowest BCUT2D eigenvalue weighted by molar-refractivity contribution is -0.226. The van der Waals surface area contributed by atoms with Crippen molar-refractivity contribution in [3.8, 4) is 0 Å². The van der Waals surface area contributed by atoms with Gasteiger partial charge in [-0.05, 0) is 6.92 Å². The van der Waals surface area contributed by atoms with E-state index in [0.717, 1.165) is 0 Å². The van der Waals surface area contributed by atoms with Gasteiger partial charge in [0.25, 0.3) is 0 Å². The minimum Gasteiger partial charge on any atom is -0.394 e. The van der Waals surface area contributed by atoms with E-state index in [4.69, 9.17) is 25.1 Å². The van der Waals surface area contributed by atoms with Crippen LogP contribution in [0.3, 0.4) is 0 Å². The smallest absolute Gasteiger partial charge is 0.217 e. The van der Waals surface area contributed by atoms with Crippen LogP contribution in [0.4, 0.5) is 0 Å². The van der Waals surface area contributed by atoms with Crippen molar-refractivity contribution < 1.29 is 34.3 Å². The molecule has 0 spiro atoms. The quantitative estimate of drug-likeness (QED) is 0.197. The molecular weight excluding hydrogens is 284 g/mol. The van der Waals surface area contributed by atoms with E-state index in [0.29, 0.717) is 13.2 Å². The van der Waals surface area contributed by atoms with Crippen molar-refractivity contribution in [1.82, 2.24) is 5.32 Å². The van der Waals surface area contributed by atoms with E-state index < -0.39 is 30.6 Å². The Balaban J connectivity index is 4.55. The number of hydrogen-bond donors (Lipinski definition) is 5. The average molecular weight is 310 g/mol. The van der Waals surface area contributed by atoms with Crippen LogP contribution in [0.1, 0.15) is 13.8 Å². The molecular formula is C12H26N2O7. The summed E-state index contributed by atoms with van der Waals surface area (Å²) >= 11 is 0. The maximum Gasteiger partial charge on any atom is 0.217 e. The first-order valence-corrected chi connectivity index (χ1v) is 6.71. The van der Waals surface area contributed by atoms with Gasteiger partial charge in [-0.3, -0.25) is 4.79 Å². The lowest BCUT2D eigenvalue weighted by Gasteiger charge is -2.30. The lowest BCUT2D eigenvalue weighted by Crippen LogP contribution is -2.53. The Morgan fingerprint density at radius 3 is 2.43 bits per heavy atom. The Labute approximate surface area is 124 Å². The van der Waals surface area contributed by atoms with Crippen LogP contribution in [0.2, 0.25) is 0 Å². The summed E-state index contributed by atoms with van der Waals surface area (Å²) in [4.78, 5) is 11.1. The van der Waals surface area contributed by atoms with Crippen molar-refractivity contribution in [3.05, 3.63) is 0 Å². The first-order valence-electron chi connectivity index (χ1n) is 6.71. The third kappa shape index (κ3) is 9.69. The number of nitrogens with one attached hydrogen (secondary N) is 1. The van der Waals surface area contributed by atoms with Gasteiger partial charge in [-0.25, -0.2) is 0 Å². The van der Waals surface area contributed by atoms with Gasteiger partial charge < -0.3 is 40.6 Å². The molecule has 0 bridgehead atoms. The molecule has 3 unspecified atom stereocenters. The van der Waals surface area contributed by atoms with E-state index in [1.165, 1.54) is 6.92 Å². The molecule has 0 aromatic carbocycles. The SMILES string of the molecule is CC(=O)NC(C(O)O)C(OCCOCCN)OC(C)CO. The minimum absolute atomic E-state index is 0.103. The molecule has 21 heavy (non-hydrogen) atoms. The number of ether oxygens (including phenoxy) is 3. The van der Waals surface area contributed by atoms with E-state index >= 15 is 0 Å². The largest absolute Gasteiger partial charge is 0.394 e. The molecule has 126 valence electrons. The van der Waals surface area contributed by atoms with Gasteiger partial charge in [0, 0.05) is 13.5 Å². The number of amides is 1. The van der Waals surface area contributed by atoms with Crippen LogP contribution in [0, 0.1) is 0 Å². The van der Waals surface area contributed by atoms with Crippen LogP contribution in [-0.4, -0.2) is 78.9 Å². The molecule has 0 rings (SSSR count). The highest BCUT2D eigenvalue weighted by Gasteiger charge is 2.31. The monoisotopic (exact) mass is 310 g/mol. The second-order valence-electron chi connectivity index (χ2n) is 4.41. The molecule has 0 radical (unpaired) electrons. The van der Waals surface area contributed by atoms with Gasteiger partial charge in [-0.2, -0.15) is 0 Å². The fraction of sp³-hybridized carbons (Fsp3) is 0.917. The Hall–Kier alpha value is -0.810. The van der Waals surface area contributed by atoms with E-state index in [1.54, 1.807) is 6.92 Å². The van der Waals surface area contributed by atoms with Crippen molar-refractivity contribution in [2.24, 2.45) is 5.73 Å². The standard InChI is InChI=1S/C12H26N2O7/c1-8(7-15)21-12(20-6-5-19-4-3-13)10(11(17)18)14-9(2)16/h8,10-12,15,17-18H,3-7,13H2,1-2H3,(H,14,16). The number of nitrogens with two attached hydrogens (primary N) is 1. The summed E-state index contributed by atoms with van der Waals surface area (Å²) in [5.74, 6) is -0.471. The van der Waals surface area contributed by atoms with Crippen LogP contribution < -0.4 is 11.1 Å². The Morgan fingerprint density at radius 2 is 1.95 bits per heavy atom. The highest BCUT2D eigenvalue weighted by molar-refractivity contribution is 5.73. The summed E-state index contributed by atoms with van der Waals surface area (Å²) < 4.78 is 15.8. The highest BCUT2D eigenvalue weighted by Crippen LogP contribution is 2.09. The maximum absolute atomic E-state index is 11.1. The number of hydrogen-bond acceptors (Lipinski definition) is 8. The normalized spacial score (nSPS) is 15.8. The van der Waals surface area contributed by atoms with Crippen molar-refractivity contribution in [1.29, 1.82) is 0 Å². The van der Waals surface area contributed by atoms with Crippen LogP contribution in [0.15, 0.2) is 0 Å². The molecule has 0 aliphatic rings. The maximum atomic E-state index is 11.1. The van der Waals surface area contributed by atoms with E-state index in [9.17, 15) is 15.0 Å². The Morgan fingerprint density at radius 1 is 1.29 bits per heavy atom. The first-order chi connectivity index (χ1) is 9.92. The minimum atomic E-state index is -1.88. The molecule has 0 saturated carbocycles. The van der Waals surface area contributed by atoms with E-state index in [1.807, 2.05) is 0 Å². The van der Waals surface area contributed by atoms with Crippen LogP contribution >= 0.6 is 0 Å². The summed E-state index contributed by atoms with van der Waals surface area (Å²) in [6.45, 7) is 3.62. The number of carbonyl (C=O) groups excluding carboxylic acids is 1. The van der Waals surface area contributed by atoms with E-state index in [-0.39, 0.29) is 19.8 Å². The second-order valence-corrected chi connectivity index (χ2v) is 4.41. The third-order valence-corrected chi connectivity index (χ3v) is 2.38. The molecule has 0 aliphatic carbocycles. The van der Waals surface area contributed by atoms with Gasteiger partial charge in [0.05, 0.1) is 32.5 Å². The van der Waals surface area contributed by atoms with Crippen molar-refractivity contribution in [2.75, 3.05) is 33.0 Å². The Bertz CT molecular complexity index is 278. The van der Waals surface area contributed by atoms with Gasteiger partial charge in [0.15, 0.2) is 12.6 Å². The molecule has 0 heterocycles. The molecule has 9 heteroatoms. The zero-order valence-corrected chi connectivity index (χ0v) is 12.4. The predicted molar refractivity (Wildman–Crippen MR) is 73.1 cm³/mol. The number of rotatable bonds is 12. The van der Waals surface area contributed by atoms with Gasteiger partial charge >= 0.3 is 0 Å². The zero-order valence-electron chi connectivity index (χ0n) is 12.4. The summed E-state index contributed by atoms with van der Waals surface area (Å²) in [5.41, 5.74) is 5.27. The summed E-state index contributed by atoms with van der Waals surface area (Å²) in [6, 6.07) is -1.19. The molecule has 0 saturated heterocycles. The average Bonchev–Trinajstić information content (AvgIpc) is 2.42. The summed E-state index contributed by atoms with van der Waals surface area (Å²) in [6.07, 6.45) is -3.62. The van der Waals surface area contributed by atoms with Crippen LogP contribution in [-0.2, 0) is 19.0 Å². The first kappa shape index (κ1) is 20.2. The molecule has 9 nitrogen and oxygen atoms in total. The fourth-order valence-corrected chi connectivity index (χ4v) is 1.43. The predicted octanol–water partition coefficient (Wildman–Crippen LogP) is -2.48. The van der Waals surface area contributed by atoms with Crippen molar-refractivity contribution in [3.63, 3.8) is 0 Å². The van der Waals surface area contributed by atoms with Gasteiger partial charge in [-0.15, -0.1) is 0 Å². The van der Waals surface area contributed by atoms with Gasteiger partial charge in [-0.1, -0.05) is 0 Å². The zero-order chi connectivity index (χ0) is 16.3. The fourth-order valence-electron chi connectivity index (χ4n) is 1.43. The van der Waals surface area contributed by atoms with Gasteiger partial charge in [0.1, 0.15) is 6.04 Å². The number of aliphatic hydroxyl groups is 3. The second kappa shape index (κ2) is 11.8. The van der Waals surface area contributed by atoms with Crippen molar-refractivity contribution >= 4 is 5.91 Å². The molecule has 0 aromatic rings. The topological polar surface area (TPSA) is 144 Å².